The van der Waals surface area contributed by atoms with Crippen molar-refractivity contribution < 1.29 is 4.74 Å². The molecule has 17 heavy (non-hydrogen) atoms. The molecule has 1 aromatic carbocycles. The number of benzene rings is 1. The maximum absolute atomic E-state index is 6.31. The predicted octanol–water partition coefficient (Wildman–Crippen LogP) is 3.03. The molecule has 0 aromatic heterocycles. The smallest absolute Gasteiger partial charge is 0.145 e. The molecule has 0 unspecified atom stereocenters. The Labute approximate surface area is 108 Å². The first-order valence-electron chi connectivity index (χ1n) is 5.81. The van der Waals surface area contributed by atoms with Crippen molar-refractivity contribution in [3.63, 3.8) is 0 Å². The first-order chi connectivity index (χ1) is 8.04. The highest BCUT2D eigenvalue weighted by Crippen LogP contribution is 2.39. The van der Waals surface area contributed by atoms with Gasteiger partial charge < -0.3 is 15.8 Å². The number of ether oxygens (including phenoxy) is 1. The zero-order valence-electron chi connectivity index (χ0n) is 11.0. The molecule has 0 spiro atoms. The average molecular weight is 257 g/mol. The van der Waals surface area contributed by atoms with Crippen LogP contribution in [0.15, 0.2) is 0 Å². The summed E-state index contributed by atoms with van der Waals surface area (Å²) in [7, 11) is 1.68. The third-order valence-corrected chi connectivity index (χ3v) is 3.62. The fourth-order valence-electron chi connectivity index (χ4n) is 1.87. The minimum atomic E-state index is 0.674. The Balaban J connectivity index is 3.17. The first-order valence-corrected chi connectivity index (χ1v) is 6.19. The molecule has 0 bridgehead atoms. The van der Waals surface area contributed by atoms with Crippen molar-refractivity contribution in [1.82, 2.24) is 0 Å². The van der Waals surface area contributed by atoms with Crippen LogP contribution < -0.4 is 15.8 Å². The van der Waals surface area contributed by atoms with Crippen LogP contribution >= 0.6 is 11.6 Å². The number of methoxy groups -OCH3 is 1. The van der Waals surface area contributed by atoms with Gasteiger partial charge in [0, 0.05) is 11.6 Å². The molecule has 0 atom stereocenters. The summed E-state index contributed by atoms with van der Waals surface area (Å²) in [6.07, 6.45) is 0.924. The lowest BCUT2D eigenvalue weighted by Gasteiger charge is -2.19. The van der Waals surface area contributed by atoms with E-state index in [1.807, 2.05) is 20.8 Å². The zero-order valence-corrected chi connectivity index (χ0v) is 11.7. The highest BCUT2D eigenvalue weighted by molar-refractivity contribution is 6.32. The fraction of sp³-hybridized carbons (Fsp3) is 0.538. The summed E-state index contributed by atoms with van der Waals surface area (Å²) in [5, 5.41) is 4.16. The van der Waals surface area contributed by atoms with E-state index < -0.39 is 0 Å². The number of rotatable bonds is 5. The van der Waals surface area contributed by atoms with Crippen LogP contribution in [-0.4, -0.2) is 20.2 Å². The zero-order chi connectivity index (χ0) is 13.0. The number of hydrogen-bond donors (Lipinski definition) is 2. The minimum absolute atomic E-state index is 0.674. The maximum Gasteiger partial charge on any atom is 0.145 e. The molecule has 0 saturated heterocycles. The topological polar surface area (TPSA) is 47.3 Å². The molecule has 0 fully saturated rings. The van der Waals surface area contributed by atoms with Gasteiger partial charge >= 0.3 is 0 Å². The standard InChI is InChI=1S/C13H21ClN2O/c1-8-9(2)13(17-4)12(10(3)11(8)14)16-7-5-6-15/h16H,5-7,15H2,1-4H3. The van der Waals surface area contributed by atoms with Gasteiger partial charge in [-0.3, -0.25) is 0 Å². The molecule has 3 nitrogen and oxygen atoms in total. The van der Waals surface area contributed by atoms with E-state index in [1.54, 1.807) is 7.11 Å². The van der Waals surface area contributed by atoms with Gasteiger partial charge in [0.05, 0.1) is 12.8 Å². The Morgan fingerprint density at radius 2 is 1.82 bits per heavy atom. The van der Waals surface area contributed by atoms with Crippen molar-refractivity contribution in [2.45, 2.75) is 27.2 Å². The third kappa shape index (κ3) is 2.85. The van der Waals surface area contributed by atoms with Gasteiger partial charge in [-0.2, -0.15) is 0 Å². The van der Waals surface area contributed by atoms with Gasteiger partial charge in [0.2, 0.25) is 0 Å². The molecule has 3 N–H and O–H groups in total. The second-order valence-corrected chi connectivity index (χ2v) is 4.54. The lowest BCUT2D eigenvalue weighted by molar-refractivity contribution is 0.412. The van der Waals surface area contributed by atoms with E-state index in [-0.39, 0.29) is 0 Å². The molecule has 0 aliphatic carbocycles. The summed E-state index contributed by atoms with van der Waals surface area (Å²) in [6.45, 7) is 7.53. The molecule has 96 valence electrons. The van der Waals surface area contributed by atoms with Crippen molar-refractivity contribution in [3.8, 4) is 5.75 Å². The van der Waals surface area contributed by atoms with Crippen molar-refractivity contribution in [1.29, 1.82) is 0 Å². The normalized spacial score (nSPS) is 10.5. The van der Waals surface area contributed by atoms with Crippen molar-refractivity contribution >= 4 is 17.3 Å². The van der Waals surface area contributed by atoms with Gasteiger partial charge in [0.25, 0.3) is 0 Å². The van der Waals surface area contributed by atoms with E-state index in [4.69, 9.17) is 22.1 Å². The van der Waals surface area contributed by atoms with Gasteiger partial charge in [-0.05, 0) is 50.4 Å². The van der Waals surface area contributed by atoms with Crippen LogP contribution in [0.1, 0.15) is 23.1 Å². The molecule has 0 radical (unpaired) electrons. The van der Waals surface area contributed by atoms with E-state index >= 15 is 0 Å². The second kappa shape index (κ2) is 6.12. The summed E-state index contributed by atoms with van der Waals surface area (Å²) in [5.74, 6) is 0.876. The van der Waals surface area contributed by atoms with Crippen LogP contribution in [0.2, 0.25) is 5.02 Å². The molecule has 4 heteroatoms. The number of halogens is 1. The Kier molecular flexibility index (Phi) is 5.09. The van der Waals surface area contributed by atoms with Crippen LogP contribution in [-0.2, 0) is 0 Å². The Hall–Kier alpha value is -0.930. The van der Waals surface area contributed by atoms with E-state index in [9.17, 15) is 0 Å². The van der Waals surface area contributed by atoms with Gasteiger partial charge in [0.1, 0.15) is 5.75 Å². The van der Waals surface area contributed by atoms with Gasteiger partial charge in [-0.1, -0.05) is 11.6 Å². The molecule has 1 aromatic rings. The molecule has 1 rings (SSSR count). The highest BCUT2D eigenvalue weighted by atomic mass is 35.5. The van der Waals surface area contributed by atoms with Gasteiger partial charge in [-0.15, -0.1) is 0 Å². The SMILES string of the molecule is COc1c(C)c(C)c(Cl)c(C)c1NCCCN. The van der Waals surface area contributed by atoms with E-state index in [2.05, 4.69) is 5.32 Å². The first kappa shape index (κ1) is 14.1. The summed E-state index contributed by atoms with van der Waals surface area (Å²) < 4.78 is 5.47. The Bertz CT molecular complexity index is 405. The second-order valence-electron chi connectivity index (χ2n) is 4.17. The quantitative estimate of drug-likeness (QED) is 0.796. The molecular formula is C13H21ClN2O. The lowest BCUT2D eigenvalue weighted by Crippen LogP contribution is -2.11. The van der Waals surface area contributed by atoms with Crippen LogP contribution in [0.3, 0.4) is 0 Å². The number of nitrogens with one attached hydrogen (secondary N) is 1. The highest BCUT2D eigenvalue weighted by Gasteiger charge is 2.16. The average Bonchev–Trinajstić information content (AvgIpc) is 2.33. The van der Waals surface area contributed by atoms with Gasteiger partial charge in [0.15, 0.2) is 0 Å². The molecule has 0 saturated carbocycles. The predicted molar refractivity (Wildman–Crippen MR) is 74.4 cm³/mol. The molecular weight excluding hydrogens is 236 g/mol. The summed E-state index contributed by atoms with van der Waals surface area (Å²) in [4.78, 5) is 0. The molecule has 0 heterocycles. The summed E-state index contributed by atoms with van der Waals surface area (Å²) in [5.41, 5.74) is 9.66. The van der Waals surface area contributed by atoms with Crippen LogP contribution in [0.5, 0.6) is 5.75 Å². The van der Waals surface area contributed by atoms with Crippen LogP contribution in [0.25, 0.3) is 0 Å². The Morgan fingerprint density at radius 1 is 1.18 bits per heavy atom. The van der Waals surface area contributed by atoms with Crippen molar-refractivity contribution in [3.05, 3.63) is 21.7 Å². The molecule has 0 aliphatic rings. The summed E-state index contributed by atoms with van der Waals surface area (Å²) in [6, 6.07) is 0. The lowest BCUT2D eigenvalue weighted by atomic mass is 10.0. The largest absolute Gasteiger partial charge is 0.494 e. The van der Waals surface area contributed by atoms with Crippen molar-refractivity contribution in [2.24, 2.45) is 5.73 Å². The number of anilines is 1. The third-order valence-electron chi connectivity index (χ3n) is 3.05. The molecule has 0 amide bonds. The summed E-state index contributed by atoms with van der Waals surface area (Å²) >= 11 is 6.31. The van der Waals surface area contributed by atoms with E-state index in [0.717, 1.165) is 46.1 Å². The van der Waals surface area contributed by atoms with Crippen molar-refractivity contribution in [2.75, 3.05) is 25.5 Å². The van der Waals surface area contributed by atoms with Crippen LogP contribution in [0.4, 0.5) is 5.69 Å². The maximum atomic E-state index is 6.31. The van der Waals surface area contributed by atoms with E-state index in [1.165, 1.54) is 0 Å². The molecule has 0 aliphatic heterocycles. The minimum Gasteiger partial charge on any atom is -0.494 e. The van der Waals surface area contributed by atoms with E-state index in [0.29, 0.717) is 6.54 Å². The number of hydrogen-bond acceptors (Lipinski definition) is 3. The fourth-order valence-corrected chi connectivity index (χ4v) is 2.10. The number of nitrogens with two attached hydrogens (primary N) is 1. The van der Waals surface area contributed by atoms with Crippen LogP contribution in [0, 0.1) is 20.8 Å². The van der Waals surface area contributed by atoms with Gasteiger partial charge in [-0.25, -0.2) is 0 Å². The monoisotopic (exact) mass is 256 g/mol. The Morgan fingerprint density at radius 3 is 2.35 bits per heavy atom.